The first kappa shape index (κ1) is 20.6. The summed E-state index contributed by atoms with van der Waals surface area (Å²) in [6.07, 6.45) is 3.78. The molecule has 1 N–H and O–H groups in total. The van der Waals surface area contributed by atoms with Gasteiger partial charge in [-0.25, -0.2) is 0 Å². The first-order valence-corrected chi connectivity index (χ1v) is 11.1. The molecule has 1 fully saturated rings. The van der Waals surface area contributed by atoms with E-state index in [-0.39, 0.29) is 24.5 Å². The number of likely N-dealkylation sites (N-methyl/N-ethyl adjacent to an activating group) is 1. The summed E-state index contributed by atoms with van der Waals surface area (Å²) >= 11 is 0. The lowest BCUT2D eigenvalue weighted by molar-refractivity contribution is -0.116. The molecule has 0 saturated carbocycles. The van der Waals surface area contributed by atoms with E-state index in [1.54, 1.807) is 0 Å². The van der Waals surface area contributed by atoms with Crippen molar-refractivity contribution in [1.82, 2.24) is 4.90 Å². The lowest BCUT2D eigenvalue weighted by atomic mass is 10.0. The fourth-order valence-corrected chi connectivity index (χ4v) is 4.49. The molecule has 0 bridgehead atoms. The Hall–Kier alpha value is -2.66. The fraction of sp³-hybridized carbons (Fsp3) is 0.440. The van der Waals surface area contributed by atoms with Crippen molar-refractivity contribution >= 4 is 23.1 Å². The second-order valence-electron chi connectivity index (χ2n) is 8.25. The Morgan fingerprint density at radius 2 is 1.70 bits per heavy atom. The summed E-state index contributed by atoms with van der Waals surface area (Å²) in [7, 11) is 0. The van der Waals surface area contributed by atoms with Crippen molar-refractivity contribution in [2.45, 2.75) is 39.0 Å². The number of piperazine rings is 1. The molecule has 0 spiro atoms. The number of ketones is 1. The zero-order chi connectivity index (χ0) is 20.9. The molecule has 0 radical (unpaired) electrons. The highest BCUT2D eigenvalue weighted by Gasteiger charge is 2.19. The fourth-order valence-electron chi connectivity index (χ4n) is 4.49. The van der Waals surface area contributed by atoms with Crippen LogP contribution in [0.15, 0.2) is 42.5 Å². The van der Waals surface area contributed by atoms with Crippen molar-refractivity contribution in [2.75, 3.05) is 42.9 Å². The van der Waals surface area contributed by atoms with Crippen molar-refractivity contribution in [1.29, 1.82) is 0 Å². The van der Waals surface area contributed by atoms with Gasteiger partial charge in [-0.1, -0.05) is 31.2 Å². The highest BCUT2D eigenvalue weighted by Crippen LogP contribution is 2.27. The smallest absolute Gasteiger partial charge is 0.224 e. The SMILES string of the molecule is CCN1CCN(c2ccccc2NC(=O)CCC(=O)c2ccc3c(c2)CCC3)CC1. The van der Waals surface area contributed by atoms with Gasteiger partial charge in [0.25, 0.3) is 0 Å². The van der Waals surface area contributed by atoms with Gasteiger partial charge < -0.3 is 15.1 Å². The summed E-state index contributed by atoms with van der Waals surface area (Å²) < 4.78 is 0. The number of nitrogens with one attached hydrogen (secondary N) is 1. The van der Waals surface area contributed by atoms with Crippen molar-refractivity contribution in [3.05, 3.63) is 59.2 Å². The first-order valence-electron chi connectivity index (χ1n) is 11.1. The van der Waals surface area contributed by atoms with Crippen LogP contribution >= 0.6 is 0 Å². The summed E-state index contributed by atoms with van der Waals surface area (Å²) in [5.74, 6) is -0.0621. The maximum Gasteiger partial charge on any atom is 0.224 e. The van der Waals surface area contributed by atoms with E-state index >= 15 is 0 Å². The zero-order valence-electron chi connectivity index (χ0n) is 17.8. The number of anilines is 2. The van der Waals surface area contributed by atoms with Gasteiger partial charge >= 0.3 is 0 Å². The molecule has 1 aliphatic carbocycles. The van der Waals surface area contributed by atoms with Gasteiger partial charge in [0.2, 0.25) is 5.91 Å². The van der Waals surface area contributed by atoms with Crippen LogP contribution in [0.25, 0.3) is 0 Å². The van der Waals surface area contributed by atoms with Crippen LogP contribution in [0.3, 0.4) is 0 Å². The molecule has 1 saturated heterocycles. The van der Waals surface area contributed by atoms with Crippen LogP contribution in [0.5, 0.6) is 0 Å². The predicted octanol–water partition coefficient (Wildman–Crippen LogP) is 3.92. The molecule has 0 atom stereocenters. The van der Waals surface area contributed by atoms with Gasteiger partial charge in [0.05, 0.1) is 11.4 Å². The summed E-state index contributed by atoms with van der Waals surface area (Å²) in [4.78, 5) is 29.9. The second-order valence-corrected chi connectivity index (χ2v) is 8.25. The molecule has 1 amide bonds. The molecular weight excluding hydrogens is 374 g/mol. The van der Waals surface area contributed by atoms with E-state index in [4.69, 9.17) is 0 Å². The Labute approximate surface area is 179 Å². The van der Waals surface area contributed by atoms with E-state index in [0.29, 0.717) is 0 Å². The van der Waals surface area contributed by atoms with E-state index in [2.05, 4.69) is 34.2 Å². The maximum absolute atomic E-state index is 12.6. The van der Waals surface area contributed by atoms with Gasteiger partial charge in [-0.2, -0.15) is 0 Å². The number of Topliss-reactive ketones (excluding diaryl/α,β-unsaturated/α-hetero) is 1. The molecular formula is C25H31N3O2. The monoisotopic (exact) mass is 405 g/mol. The number of rotatable bonds is 7. The number of aryl methyl sites for hydroxylation is 2. The molecule has 4 rings (SSSR count). The third-order valence-electron chi connectivity index (χ3n) is 6.34. The maximum atomic E-state index is 12.6. The normalized spacial score (nSPS) is 16.4. The molecule has 0 unspecified atom stereocenters. The van der Waals surface area contributed by atoms with Crippen LogP contribution in [0, 0.1) is 0 Å². The average Bonchev–Trinajstić information content (AvgIpc) is 3.26. The van der Waals surface area contributed by atoms with Crippen molar-refractivity contribution in [3.8, 4) is 0 Å². The van der Waals surface area contributed by atoms with Crippen LogP contribution in [0.4, 0.5) is 11.4 Å². The van der Waals surface area contributed by atoms with Gasteiger partial charge in [-0.05, 0) is 55.1 Å². The number of nitrogens with zero attached hydrogens (tertiary/aromatic N) is 2. The Morgan fingerprint density at radius 1 is 0.933 bits per heavy atom. The lowest BCUT2D eigenvalue weighted by Crippen LogP contribution is -2.46. The third-order valence-corrected chi connectivity index (χ3v) is 6.34. The van der Waals surface area contributed by atoms with Crippen LogP contribution in [0.2, 0.25) is 0 Å². The Kier molecular flexibility index (Phi) is 6.48. The van der Waals surface area contributed by atoms with E-state index in [1.165, 1.54) is 17.5 Å². The molecule has 1 aliphatic heterocycles. The number of hydrogen-bond donors (Lipinski definition) is 1. The van der Waals surface area contributed by atoms with Crippen molar-refractivity contribution < 1.29 is 9.59 Å². The number of para-hydroxylation sites is 2. The van der Waals surface area contributed by atoms with Crippen LogP contribution in [-0.2, 0) is 17.6 Å². The summed E-state index contributed by atoms with van der Waals surface area (Å²) in [5, 5.41) is 3.04. The largest absolute Gasteiger partial charge is 0.367 e. The van der Waals surface area contributed by atoms with E-state index < -0.39 is 0 Å². The first-order chi connectivity index (χ1) is 14.6. The zero-order valence-corrected chi connectivity index (χ0v) is 17.8. The third kappa shape index (κ3) is 4.73. The van der Waals surface area contributed by atoms with Crippen LogP contribution in [0.1, 0.15) is 47.7 Å². The molecule has 5 nitrogen and oxygen atoms in total. The standard InChI is InChI=1S/C25H31N3O2/c1-2-27-14-16-28(17-15-27)23-9-4-3-8-22(23)26-25(30)13-12-24(29)21-11-10-19-6-5-7-20(19)18-21/h3-4,8-11,18H,2,5-7,12-17H2,1H3,(H,26,30). The van der Waals surface area contributed by atoms with Crippen LogP contribution in [-0.4, -0.2) is 49.3 Å². The average molecular weight is 406 g/mol. The molecule has 5 heteroatoms. The quantitative estimate of drug-likeness (QED) is 0.710. The molecule has 2 aromatic rings. The predicted molar refractivity (Wildman–Crippen MR) is 121 cm³/mol. The summed E-state index contributed by atoms with van der Waals surface area (Å²) in [6.45, 7) is 7.25. The molecule has 2 aromatic carbocycles. The minimum atomic E-state index is -0.107. The Morgan fingerprint density at radius 3 is 2.50 bits per heavy atom. The number of benzene rings is 2. The topological polar surface area (TPSA) is 52.6 Å². The number of hydrogen-bond acceptors (Lipinski definition) is 4. The molecule has 30 heavy (non-hydrogen) atoms. The highest BCUT2D eigenvalue weighted by atomic mass is 16.2. The number of carbonyl (C=O) groups excluding carboxylic acids is 2. The summed E-state index contributed by atoms with van der Waals surface area (Å²) in [6, 6.07) is 14.0. The van der Waals surface area contributed by atoms with E-state index in [9.17, 15) is 9.59 Å². The lowest BCUT2D eigenvalue weighted by Gasteiger charge is -2.36. The minimum absolute atomic E-state index is 0.0452. The highest BCUT2D eigenvalue weighted by molar-refractivity contribution is 6.01. The van der Waals surface area contributed by atoms with Gasteiger partial charge in [-0.15, -0.1) is 0 Å². The van der Waals surface area contributed by atoms with Crippen molar-refractivity contribution in [2.24, 2.45) is 0 Å². The van der Waals surface area contributed by atoms with Gasteiger partial charge in [0, 0.05) is 44.6 Å². The minimum Gasteiger partial charge on any atom is -0.367 e. The molecule has 2 aliphatic rings. The van der Waals surface area contributed by atoms with Gasteiger partial charge in [-0.3, -0.25) is 9.59 Å². The molecule has 0 aromatic heterocycles. The molecule has 1 heterocycles. The molecule has 158 valence electrons. The van der Waals surface area contributed by atoms with Gasteiger partial charge in [0.15, 0.2) is 5.78 Å². The number of amides is 1. The number of fused-ring (bicyclic) bond motifs is 1. The van der Waals surface area contributed by atoms with Gasteiger partial charge in [0.1, 0.15) is 0 Å². The van der Waals surface area contributed by atoms with Crippen molar-refractivity contribution in [3.63, 3.8) is 0 Å². The summed E-state index contributed by atoms with van der Waals surface area (Å²) in [5.41, 5.74) is 5.28. The Balaban J connectivity index is 1.34. The Bertz CT molecular complexity index is 916. The van der Waals surface area contributed by atoms with Crippen LogP contribution < -0.4 is 10.2 Å². The number of carbonyl (C=O) groups is 2. The van der Waals surface area contributed by atoms with E-state index in [0.717, 1.165) is 62.5 Å². The second kappa shape index (κ2) is 9.43. The van der Waals surface area contributed by atoms with E-state index in [1.807, 2.05) is 30.3 Å².